The van der Waals surface area contributed by atoms with Crippen LogP contribution in [0, 0.1) is 0 Å². The average molecular weight is 324 g/mol. The van der Waals surface area contributed by atoms with Crippen LogP contribution in [0.5, 0.6) is 0 Å². The Morgan fingerprint density at radius 2 is 1.91 bits per heavy atom. The minimum atomic E-state index is -1.59. The lowest BCUT2D eigenvalue weighted by molar-refractivity contribution is -0.318. The van der Waals surface area contributed by atoms with Gasteiger partial charge >= 0.3 is 5.97 Å². The number of aliphatic hydroxyl groups excluding tert-OH is 4. The molecule has 8 N–H and O–H groups in total. The van der Waals surface area contributed by atoms with Crippen molar-refractivity contribution in [3.05, 3.63) is 0 Å². The highest BCUT2D eigenvalue weighted by atomic mass is 16.8. The lowest BCUT2D eigenvalue weighted by Gasteiger charge is -2.39. The molecule has 1 fully saturated rings. The number of carbonyl (C=O) groups is 1. The van der Waals surface area contributed by atoms with Gasteiger partial charge in [0.1, 0.15) is 30.5 Å². The molecular formula is C12H24N2O8. The number of aliphatic hydroxyl groups is 4. The van der Waals surface area contributed by atoms with Crippen molar-refractivity contribution < 1.29 is 39.9 Å². The molecule has 0 aromatic carbocycles. The van der Waals surface area contributed by atoms with Gasteiger partial charge in [0.2, 0.25) is 6.29 Å². The van der Waals surface area contributed by atoms with Gasteiger partial charge < -0.3 is 36.0 Å². The highest BCUT2D eigenvalue weighted by Crippen LogP contribution is 2.21. The molecule has 1 aliphatic rings. The van der Waals surface area contributed by atoms with Crippen LogP contribution in [0.25, 0.3) is 0 Å². The molecule has 10 heteroatoms. The quantitative estimate of drug-likeness (QED) is 0.170. The molecule has 6 atom stereocenters. The largest absolute Gasteiger partial charge is 0.480 e. The van der Waals surface area contributed by atoms with Gasteiger partial charge in [-0.2, -0.15) is 5.48 Å². The summed E-state index contributed by atoms with van der Waals surface area (Å²) in [4.78, 5) is 16.1. The van der Waals surface area contributed by atoms with E-state index in [4.69, 9.17) is 25.5 Å². The molecule has 0 spiro atoms. The Balaban J connectivity index is 2.54. The molecule has 0 radical (unpaired) electrons. The first kappa shape index (κ1) is 19.2. The summed E-state index contributed by atoms with van der Waals surface area (Å²) >= 11 is 0. The SMILES string of the molecule is NCCCC[C@H](NOC1O[C@H](CO)[C@H](O)[C@H](O)[C@H]1O)C(=O)O. The van der Waals surface area contributed by atoms with Crippen LogP contribution in [0.1, 0.15) is 19.3 Å². The summed E-state index contributed by atoms with van der Waals surface area (Å²) < 4.78 is 5.08. The number of hydrogen-bond acceptors (Lipinski definition) is 9. The zero-order valence-electron chi connectivity index (χ0n) is 12.0. The highest BCUT2D eigenvalue weighted by molar-refractivity contribution is 5.73. The van der Waals surface area contributed by atoms with Crippen molar-refractivity contribution in [3.63, 3.8) is 0 Å². The summed E-state index contributed by atoms with van der Waals surface area (Å²) in [5, 5.41) is 47.0. The van der Waals surface area contributed by atoms with E-state index in [1.54, 1.807) is 0 Å². The third kappa shape index (κ3) is 5.11. The minimum Gasteiger partial charge on any atom is -0.480 e. The smallest absolute Gasteiger partial charge is 0.323 e. The van der Waals surface area contributed by atoms with E-state index in [-0.39, 0.29) is 6.42 Å². The summed E-state index contributed by atoms with van der Waals surface area (Å²) in [5.41, 5.74) is 7.59. The molecule has 0 amide bonds. The minimum absolute atomic E-state index is 0.254. The van der Waals surface area contributed by atoms with Gasteiger partial charge in [-0.15, -0.1) is 0 Å². The number of carboxylic acids is 1. The Morgan fingerprint density at radius 3 is 2.45 bits per heavy atom. The van der Waals surface area contributed by atoms with Crippen LogP contribution in [0.4, 0.5) is 0 Å². The third-order valence-electron chi connectivity index (χ3n) is 3.42. The number of hydrogen-bond donors (Lipinski definition) is 7. The number of rotatable bonds is 9. The van der Waals surface area contributed by atoms with Crippen molar-refractivity contribution >= 4 is 5.97 Å². The first-order valence-electron chi connectivity index (χ1n) is 7.07. The molecule has 1 rings (SSSR count). The van der Waals surface area contributed by atoms with Gasteiger partial charge in [0.15, 0.2) is 0 Å². The van der Waals surface area contributed by atoms with Crippen molar-refractivity contribution in [2.24, 2.45) is 5.73 Å². The van der Waals surface area contributed by atoms with Crippen LogP contribution in [0.3, 0.4) is 0 Å². The Labute approximate surface area is 127 Å². The van der Waals surface area contributed by atoms with Gasteiger partial charge in [0, 0.05) is 0 Å². The molecule has 0 aliphatic carbocycles. The topological polar surface area (TPSA) is 175 Å². The van der Waals surface area contributed by atoms with Crippen LogP contribution in [-0.4, -0.2) is 81.4 Å². The Bertz CT molecular complexity index is 343. The third-order valence-corrected chi connectivity index (χ3v) is 3.42. The normalized spacial score (nSPS) is 33.6. The standard InChI is InChI=1S/C12H24N2O8/c13-4-2-1-3-6(11(19)20)14-22-12-10(18)9(17)8(16)7(5-15)21-12/h6-10,12,14-18H,1-5,13H2,(H,19,20)/t6-,7+,8-,9-,10+,12?/m0/s1. The molecule has 0 aromatic heterocycles. The van der Waals surface area contributed by atoms with Gasteiger partial charge in [-0.05, 0) is 25.8 Å². The molecule has 22 heavy (non-hydrogen) atoms. The second-order valence-corrected chi connectivity index (χ2v) is 5.11. The van der Waals surface area contributed by atoms with Crippen LogP contribution in [-0.2, 0) is 14.4 Å². The zero-order chi connectivity index (χ0) is 16.7. The van der Waals surface area contributed by atoms with Crippen molar-refractivity contribution in [1.82, 2.24) is 5.48 Å². The summed E-state index contributed by atoms with van der Waals surface area (Å²) in [6, 6.07) is -1.04. The number of unbranched alkanes of at least 4 members (excludes halogenated alkanes) is 1. The molecular weight excluding hydrogens is 300 g/mol. The molecule has 10 nitrogen and oxygen atoms in total. The number of aliphatic carboxylic acids is 1. The summed E-state index contributed by atoms with van der Waals surface area (Å²) in [6.07, 6.45) is -5.74. The Morgan fingerprint density at radius 1 is 1.23 bits per heavy atom. The van der Waals surface area contributed by atoms with Crippen LogP contribution >= 0.6 is 0 Å². The average Bonchev–Trinajstić information content (AvgIpc) is 2.49. The maximum absolute atomic E-state index is 11.1. The van der Waals surface area contributed by atoms with E-state index in [1.807, 2.05) is 0 Å². The van der Waals surface area contributed by atoms with Crippen LogP contribution in [0.2, 0.25) is 0 Å². The van der Waals surface area contributed by atoms with E-state index >= 15 is 0 Å². The first-order chi connectivity index (χ1) is 10.4. The molecule has 130 valence electrons. The molecule has 0 saturated carbocycles. The lowest BCUT2D eigenvalue weighted by atomic mass is 9.99. The van der Waals surface area contributed by atoms with E-state index in [0.29, 0.717) is 19.4 Å². The molecule has 1 saturated heterocycles. The fourth-order valence-electron chi connectivity index (χ4n) is 2.04. The molecule has 0 bridgehead atoms. The fourth-order valence-corrected chi connectivity index (χ4v) is 2.04. The highest BCUT2D eigenvalue weighted by Gasteiger charge is 2.44. The number of ether oxygens (including phenoxy) is 1. The Kier molecular flexibility index (Phi) is 8.14. The number of nitrogens with two attached hydrogens (primary N) is 1. The van der Waals surface area contributed by atoms with Gasteiger partial charge in [0.25, 0.3) is 0 Å². The predicted octanol–water partition coefficient (Wildman–Crippen LogP) is -3.11. The summed E-state index contributed by atoms with van der Waals surface area (Å²) in [6.45, 7) is -0.149. The number of hydroxylamine groups is 1. The second-order valence-electron chi connectivity index (χ2n) is 5.11. The number of nitrogens with one attached hydrogen (secondary N) is 1. The van der Waals surface area contributed by atoms with Crippen molar-refractivity contribution in [1.29, 1.82) is 0 Å². The van der Waals surface area contributed by atoms with Crippen molar-refractivity contribution in [2.45, 2.75) is 56.0 Å². The van der Waals surface area contributed by atoms with Crippen molar-refractivity contribution in [3.8, 4) is 0 Å². The van der Waals surface area contributed by atoms with Gasteiger partial charge in [-0.1, -0.05) is 0 Å². The summed E-state index contributed by atoms with van der Waals surface area (Å²) in [7, 11) is 0. The lowest BCUT2D eigenvalue weighted by Crippen LogP contribution is -2.60. The second kappa shape index (κ2) is 9.33. The van der Waals surface area contributed by atoms with E-state index in [2.05, 4.69) is 5.48 Å². The van der Waals surface area contributed by atoms with Crippen LogP contribution < -0.4 is 11.2 Å². The van der Waals surface area contributed by atoms with Gasteiger partial charge in [0.05, 0.1) is 6.61 Å². The monoisotopic (exact) mass is 324 g/mol. The van der Waals surface area contributed by atoms with E-state index < -0.39 is 49.3 Å². The molecule has 1 aliphatic heterocycles. The number of carboxylic acid groups (broad SMARTS) is 1. The van der Waals surface area contributed by atoms with Gasteiger partial charge in [-0.25, -0.2) is 0 Å². The molecule has 1 unspecified atom stereocenters. The van der Waals surface area contributed by atoms with E-state index in [9.17, 15) is 20.1 Å². The first-order valence-corrected chi connectivity index (χ1v) is 7.07. The molecule has 0 aromatic rings. The maximum atomic E-state index is 11.1. The van der Waals surface area contributed by atoms with E-state index in [0.717, 1.165) is 0 Å². The van der Waals surface area contributed by atoms with Gasteiger partial charge in [-0.3, -0.25) is 9.63 Å². The van der Waals surface area contributed by atoms with Crippen LogP contribution in [0.15, 0.2) is 0 Å². The summed E-state index contributed by atoms with van der Waals surface area (Å²) in [5.74, 6) is -1.15. The Hall–Kier alpha value is -0.850. The predicted molar refractivity (Wildman–Crippen MR) is 72.3 cm³/mol. The van der Waals surface area contributed by atoms with E-state index in [1.165, 1.54) is 0 Å². The zero-order valence-corrected chi connectivity index (χ0v) is 12.0. The fraction of sp³-hybridized carbons (Fsp3) is 0.917. The maximum Gasteiger partial charge on any atom is 0.323 e. The molecule has 1 heterocycles. The van der Waals surface area contributed by atoms with Crippen molar-refractivity contribution in [2.75, 3.05) is 13.2 Å².